The molecule has 0 radical (unpaired) electrons. The van der Waals surface area contributed by atoms with Crippen LogP contribution in [0.3, 0.4) is 0 Å². The number of ether oxygens (including phenoxy) is 2. The van der Waals surface area contributed by atoms with E-state index < -0.39 is 0 Å². The molecule has 1 heterocycles. The summed E-state index contributed by atoms with van der Waals surface area (Å²) in [4.78, 5) is 4.68. The first-order valence-corrected chi connectivity index (χ1v) is 8.97. The summed E-state index contributed by atoms with van der Waals surface area (Å²) in [5.41, 5.74) is 2.25. The Kier molecular flexibility index (Phi) is 7.52. The fraction of sp³-hybridized carbons (Fsp3) is 0.632. The lowest BCUT2D eigenvalue weighted by atomic mass is 9.84. The van der Waals surface area contributed by atoms with E-state index in [1.54, 1.807) is 7.11 Å². The van der Waals surface area contributed by atoms with Gasteiger partial charge in [-0.15, -0.1) is 0 Å². The zero-order chi connectivity index (χ0) is 18.1. The summed E-state index contributed by atoms with van der Waals surface area (Å²) in [5.74, 6) is 1.69. The number of aliphatic hydroxyl groups excluding tert-OH is 1. The third kappa shape index (κ3) is 5.61. The van der Waals surface area contributed by atoms with Crippen LogP contribution in [-0.4, -0.2) is 51.1 Å². The lowest BCUT2D eigenvalue weighted by Gasteiger charge is -2.27. The van der Waals surface area contributed by atoms with Crippen LogP contribution in [0.1, 0.15) is 30.9 Å². The second-order valence-corrected chi connectivity index (χ2v) is 6.63. The summed E-state index contributed by atoms with van der Waals surface area (Å²) in [6, 6.07) is 6.12. The molecule has 1 aromatic carbocycles. The quantitative estimate of drug-likeness (QED) is 0.493. The van der Waals surface area contributed by atoms with Crippen LogP contribution in [0.15, 0.2) is 23.2 Å². The van der Waals surface area contributed by atoms with Gasteiger partial charge in [-0.1, -0.05) is 12.1 Å². The van der Waals surface area contributed by atoms with E-state index in [-0.39, 0.29) is 12.0 Å². The number of aryl methyl sites for hydroxylation is 1. The monoisotopic (exact) mass is 349 g/mol. The third-order valence-electron chi connectivity index (χ3n) is 4.68. The second-order valence-electron chi connectivity index (χ2n) is 6.63. The van der Waals surface area contributed by atoms with E-state index >= 15 is 0 Å². The molecule has 1 atom stereocenters. The van der Waals surface area contributed by atoms with Crippen LogP contribution in [0.25, 0.3) is 0 Å². The van der Waals surface area contributed by atoms with Crippen molar-refractivity contribution in [3.63, 3.8) is 0 Å². The number of benzene rings is 1. The van der Waals surface area contributed by atoms with Crippen LogP contribution in [0, 0.1) is 12.3 Å². The molecule has 3 N–H and O–H groups in total. The Labute approximate surface area is 150 Å². The lowest BCUT2D eigenvalue weighted by molar-refractivity contribution is 0.127. The smallest absolute Gasteiger partial charge is 0.191 e. The molecular formula is C19H31N3O3. The Morgan fingerprint density at radius 1 is 1.40 bits per heavy atom. The van der Waals surface area contributed by atoms with Crippen molar-refractivity contribution in [3.8, 4) is 5.75 Å². The first-order chi connectivity index (χ1) is 12.1. The van der Waals surface area contributed by atoms with Crippen LogP contribution < -0.4 is 15.4 Å². The molecule has 0 amide bonds. The molecular weight excluding hydrogens is 318 g/mol. The van der Waals surface area contributed by atoms with Gasteiger partial charge in [0.1, 0.15) is 5.75 Å². The van der Waals surface area contributed by atoms with Crippen molar-refractivity contribution in [1.29, 1.82) is 0 Å². The molecule has 0 spiro atoms. The van der Waals surface area contributed by atoms with Crippen LogP contribution in [0.5, 0.6) is 5.75 Å². The van der Waals surface area contributed by atoms with Gasteiger partial charge >= 0.3 is 0 Å². The predicted molar refractivity (Wildman–Crippen MR) is 100 cm³/mol. The number of rotatable bonds is 8. The maximum absolute atomic E-state index is 9.34. The standard InChI is InChI=1S/C19H31N3O3/c1-4-20-18(22-13-19(7-9-23)8-10-25-14-19)21-12-16-5-6-17(24-3)15(2)11-16/h5-6,11,23H,4,7-10,12-14H2,1-3H3,(H2,20,21,22). The van der Waals surface area contributed by atoms with Gasteiger partial charge in [0.2, 0.25) is 0 Å². The first kappa shape index (κ1) is 19.5. The van der Waals surface area contributed by atoms with E-state index in [9.17, 15) is 5.11 Å². The average molecular weight is 349 g/mol. The Balaban J connectivity index is 1.99. The van der Waals surface area contributed by atoms with Gasteiger partial charge in [0.05, 0.1) is 20.3 Å². The SMILES string of the molecule is CCNC(=NCc1ccc(OC)c(C)c1)NCC1(CCO)CCOC1. The van der Waals surface area contributed by atoms with E-state index in [1.165, 1.54) is 0 Å². The molecule has 1 saturated heterocycles. The van der Waals surface area contributed by atoms with Crippen molar-refractivity contribution in [2.75, 3.05) is 40.0 Å². The van der Waals surface area contributed by atoms with Gasteiger partial charge in [-0.05, 0) is 43.9 Å². The van der Waals surface area contributed by atoms with Crippen molar-refractivity contribution in [3.05, 3.63) is 29.3 Å². The van der Waals surface area contributed by atoms with Gasteiger partial charge in [-0.2, -0.15) is 0 Å². The van der Waals surface area contributed by atoms with Gasteiger partial charge in [0.25, 0.3) is 0 Å². The molecule has 140 valence electrons. The van der Waals surface area contributed by atoms with E-state index in [0.29, 0.717) is 13.2 Å². The highest BCUT2D eigenvalue weighted by Crippen LogP contribution is 2.31. The van der Waals surface area contributed by atoms with Crippen molar-refractivity contribution in [2.24, 2.45) is 10.4 Å². The fourth-order valence-electron chi connectivity index (χ4n) is 3.13. The highest BCUT2D eigenvalue weighted by atomic mass is 16.5. The van der Waals surface area contributed by atoms with Gasteiger partial charge < -0.3 is 25.2 Å². The molecule has 1 aromatic rings. The molecule has 0 saturated carbocycles. The molecule has 1 fully saturated rings. The molecule has 6 nitrogen and oxygen atoms in total. The minimum absolute atomic E-state index is 0.00163. The number of methoxy groups -OCH3 is 1. The molecule has 0 bridgehead atoms. The topological polar surface area (TPSA) is 75.1 Å². The molecule has 1 aliphatic heterocycles. The minimum atomic E-state index is 0.00163. The average Bonchev–Trinajstić information content (AvgIpc) is 3.07. The summed E-state index contributed by atoms with van der Waals surface area (Å²) < 4.78 is 10.8. The Morgan fingerprint density at radius 3 is 2.84 bits per heavy atom. The summed E-state index contributed by atoms with van der Waals surface area (Å²) in [7, 11) is 1.68. The number of nitrogens with one attached hydrogen (secondary N) is 2. The highest BCUT2D eigenvalue weighted by molar-refractivity contribution is 5.79. The molecule has 0 aromatic heterocycles. The lowest BCUT2D eigenvalue weighted by Crippen LogP contribution is -2.44. The van der Waals surface area contributed by atoms with Crippen LogP contribution in [0.2, 0.25) is 0 Å². The van der Waals surface area contributed by atoms with Gasteiger partial charge in [0.15, 0.2) is 5.96 Å². The molecule has 1 aliphatic rings. The molecule has 2 rings (SSSR count). The fourth-order valence-corrected chi connectivity index (χ4v) is 3.13. The maximum Gasteiger partial charge on any atom is 0.191 e. The summed E-state index contributed by atoms with van der Waals surface area (Å²) in [6.07, 6.45) is 1.72. The summed E-state index contributed by atoms with van der Waals surface area (Å²) in [6.45, 7) is 7.88. The number of aliphatic hydroxyl groups is 1. The van der Waals surface area contributed by atoms with Gasteiger partial charge in [0, 0.05) is 31.7 Å². The largest absolute Gasteiger partial charge is 0.496 e. The third-order valence-corrected chi connectivity index (χ3v) is 4.68. The second kappa shape index (κ2) is 9.63. The Bertz CT molecular complexity index is 569. The van der Waals surface area contributed by atoms with Gasteiger partial charge in [-0.25, -0.2) is 4.99 Å². The first-order valence-electron chi connectivity index (χ1n) is 8.97. The van der Waals surface area contributed by atoms with E-state index in [0.717, 1.165) is 55.4 Å². The van der Waals surface area contributed by atoms with E-state index in [4.69, 9.17) is 9.47 Å². The van der Waals surface area contributed by atoms with Gasteiger partial charge in [-0.3, -0.25) is 0 Å². The van der Waals surface area contributed by atoms with Crippen molar-refractivity contribution in [1.82, 2.24) is 10.6 Å². The molecule has 1 unspecified atom stereocenters. The summed E-state index contributed by atoms with van der Waals surface area (Å²) >= 11 is 0. The Hall–Kier alpha value is -1.79. The van der Waals surface area contributed by atoms with Crippen LogP contribution >= 0.6 is 0 Å². The van der Waals surface area contributed by atoms with Crippen molar-refractivity contribution in [2.45, 2.75) is 33.2 Å². The van der Waals surface area contributed by atoms with Crippen LogP contribution in [-0.2, 0) is 11.3 Å². The van der Waals surface area contributed by atoms with E-state index in [1.807, 2.05) is 19.1 Å². The summed E-state index contributed by atoms with van der Waals surface area (Å²) in [5, 5.41) is 16.0. The number of aliphatic imine (C=N–C) groups is 1. The van der Waals surface area contributed by atoms with Crippen molar-refractivity contribution >= 4 is 5.96 Å². The zero-order valence-electron chi connectivity index (χ0n) is 15.6. The highest BCUT2D eigenvalue weighted by Gasteiger charge is 2.34. The number of nitrogens with zero attached hydrogens (tertiary/aromatic N) is 1. The van der Waals surface area contributed by atoms with Crippen LogP contribution in [0.4, 0.5) is 0 Å². The van der Waals surface area contributed by atoms with E-state index in [2.05, 4.69) is 28.6 Å². The normalized spacial score (nSPS) is 20.6. The minimum Gasteiger partial charge on any atom is -0.496 e. The molecule has 25 heavy (non-hydrogen) atoms. The maximum atomic E-state index is 9.34. The number of guanidine groups is 1. The Morgan fingerprint density at radius 2 is 2.24 bits per heavy atom. The molecule has 0 aliphatic carbocycles. The number of hydrogen-bond donors (Lipinski definition) is 3. The molecule has 6 heteroatoms. The zero-order valence-corrected chi connectivity index (χ0v) is 15.6. The number of hydrogen-bond acceptors (Lipinski definition) is 4. The predicted octanol–water partition coefficient (Wildman–Crippen LogP) is 1.85. The van der Waals surface area contributed by atoms with Crippen molar-refractivity contribution < 1.29 is 14.6 Å².